The number of hydrogen-bond donors (Lipinski definition) is 1. The average molecular weight is 435 g/mol. The second kappa shape index (κ2) is 8.30. The van der Waals surface area contributed by atoms with Crippen LogP contribution in [0.3, 0.4) is 0 Å². The summed E-state index contributed by atoms with van der Waals surface area (Å²) in [5.41, 5.74) is 4.17. The molecule has 3 rings (SSSR count). The van der Waals surface area contributed by atoms with Crippen LogP contribution in [0.1, 0.15) is 35.1 Å². The Morgan fingerprint density at radius 1 is 0.931 bits per heavy atom. The molecule has 1 heterocycles. The van der Waals surface area contributed by atoms with Gasteiger partial charge >= 0.3 is 0 Å². The largest absolute Gasteiger partial charge is 0.280 e. The summed E-state index contributed by atoms with van der Waals surface area (Å²) >= 11 is 0. The summed E-state index contributed by atoms with van der Waals surface area (Å²) in [6.07, 6.45) is 3.25. The molecule has 6 nitrogen and oxygen atoms in total. The fraction of sp³-hybridized carbons (Fsp3) is 0.333. The summed E-state index contributed by atoms with van der Waals surface area (Å²) in [7, 11) is -7.40. The number of anilines is 1. The van der Waals surface area contributed by atoms with E-state index in [0.717, 1.165) is 40.5 Å². The van der Waals surface area contributed by atoms with Crippen LogP contribution in [0.25, 0.3) is 6.08 Å². The van der Waals surface area contributed by atoms with Crippen LogP contribution in [0.15, 0.2) is 46.7 Å². The Balaban J connectivity index is 1.82. The number of hydrogen-bond acceptors (Lipinski definition) is 4. The van der Waals surface area contributed by atoms with Crippen molar-refractivity contribution in [1.82, 2.24) is 4.31 Å². The van der Waals surface area contributed by atoms with E-state index < -0.39 is 20.0 Å². The predicted octanol–water partition coefficient (Wildman–Crippen LogP) is 3.81. The van der Waals surface area contributed by atoms with E-state index in [2.05, 4.69) is 4.72 Å². The third kappa shape index (κ3) is 5.07. The molecule has 1 saturated heterocycles. The van der Waals surface area contributed by atoms with Crippen LogP contribution in [0.4, 0.5) is 5.69 Å². The molecule has 0 bridgehead atoms. The number of nitrogens with zero attached hydrogens (tertiary/aromatic N) is 1. The van der Waals surface area contributed by atoms with Crippen molar-refractivity contribution >= 4 is 31.8 Å². The molecular weight excluding hydrogens is 408 g/mol. The second-order valence-electron chi connectivity index (χ2n) is 7.40. The highest BCUT2D eigenvalue weighted by Crippen LogP contribution is 2.24. The summed E-state index contributed by atoms with van der Waals surface area (Å²) in [4.78, 5) is 0.0915. The first-order chi connectivity index (χ1) is 13.6. The van der Waals surface area contributed by atoms with Gasteiger partial charge in [-0.1, -0.05) is 23.8 Å². The van der Waals surface area contributed by atoms with E-state index in [1.165, 1.54) is 22.5 Å². The van der Waals surface area contributed by atoms with E-state index >= 15 is 0 Å². The van der Waals surface area contributed by atoms with Crippen molar-refractivity contribution in [1.29, 1.82) is 0 Å². The lowest BCUT2D eigenvalue weighted by Crippen LogP contribution is -2.27. The van der Waals surface area contributed by atoms with Crippen LogP contribution < -0.4 is 4.72 Å². The molecule has 8 heteroatoms. The molecular formula is C21H26N2O4S2. The first-order valence-electron chi connectivity index (χ1n) is 9.47. The molecule has 0 aromatic heterocycles. The molecule has 0 unspecified atom stereocenters. The molecule has 0 radical (unpaired) electrons. The summed E-state index contributed by atoms with van der Waals surface area (Å²) < 4.78 is 54.3. The molecule has 29 heavy (non-hydrogen) atoms. The lowest BCUT2D eigenvalue weighted by atomic mass is 10.0. The van der Waals surface area contributed by atoms with E-state index in [9.17, 15) is 16.8 Å². The number of rotatable bonds is 6. The molecule has 0 atom stereocenters. The van der Waals surface area contributed by atoms with Gasteiger partial charge in [0.1, 0.15) is 0 Å². The van der Waals surface area contributed by atoms with Crippen molar-refractivity contribution in [3.63, 3.8) is 0 Å². The first-order valence-corrected chi connectivity index (χ1v) is 12.5. The number of sulfonamides is 2. The van der Waals surface area contributed by atoms with Crippen molar-refractivity contribution in [2.75, 3.05) is 17.8 Å². The zero-order valence-corrected chi connectivity index (χ0v) is 18.5. The lowest BCUT2D eigenvalue weighted by Gasteiger charge is -2.16. The zero-order valence-electron chi connectivity index (χ0n) is 16.8. The van der Waals surface area contributed by atoms with Gasteiger partial charge in [0.05, 0.1) is 16.0 Å². The fourth-order valence-corrected chi connectivity index (χ4v) is 6.01. The Bertz CT molecular complexity index is 1120. The SMILES string of the molecule is Cc1cc(C)c(C=CS(=O)(=O)Nc2cccc(S(=O)(=O)N3CCCC3)c2)c(C)c1. The minimum absolute atomic E-state index is 0.0915. The van der Waals surface area contributed by atoms with Gasteiger partial charge in [-0.25, -0.2) is 16.8 Å². The molecule has 1 aliphatic heterocycles. The monoisotopic (exact) mass is 434 g/mol. The standard InChI is InChI=1S/C21H26N2O4S2/c1-16-13-17(2)21(18(3)14-16)9-12-28(24,25)22-19-7-6-8-20(15-19)29(26,27)23-10-4-5-11-23/h6-9,12-15,22H,4-5,10-11H2,1-3H3. The highest BCUT2D eigenvalue weighted by molar-refractivity contribution is 7.95. The molecule has 156 valence electrons. The molecule has 0 amide bonds. The molecule has 0 spiro atoms. The van der Waals surface area contributed by atoms with E-state index in [4.69, 9.17) is 0 Å². The number of benzene rings is 2. The highest BCUT2D eigenvalue weighted by atomic mass is 32.2. The highest BCUT2D eigenvalue weighted by Gasteiger charge is 2.27. The van der Waals surface area contributed by atoms with Gasteiger partial charge in [-0.05, 0) is 74.6 Å². The minimum Gasteiger partial charge on any atom is -0.280 e. The smallest absolute Gasteiger partial charge is 0.255 e. The van der Waals surface area contributed by atoms with Crippen molar-refractivity contribution in [3.05, 3.63) is 64.1 Å². The Morgan fingerprint density at radius 2 is 1.55 bits per heavy atom. The van der Waals surface area contributed by atoms with Crippen LogP contribution in [0.2, 0.25) is 0 Å². The Morgan fingerprint density at radius 3 is 2.17 bits per heavy atom. The van der Waals surface area contributed by atoms with Crippen molar-refractivity contribution in [2.45, 2.75) is 38.5 Å². The molecule has 0 aliphatic carbocycles. The second-order valence-corrected chi connectivity index (χ2v) is 10.9. The Hall–Kier alpha value is -2.16. The molecule has 2 aromatic carbocycles. The van der Waals surface area contributed by atoms with E-state index in [1.807, 2.05) is 32.9 Å². The van der Waals surface area contributed by atoms with Gasteiger partial charge in [-0.15, -0.1) is 0 Å². The molecule has 1 aliphatic rings. The van der Waals surface area contributed by atoms with E-state index in [0.29, 0.717) is 13.1 Å². The minimum atomic E-state index is -3.80. The topological polar surface area (TPSA) is 83.5 Å². The summed E-state index contributed by atoms with van der Waals surface area (Å²) in [6, 6.07) is 9.93. The molecule has 1 fully saturated rings. The normalized spacial score (nSPS) is 15.8. The number of nitrogens with one attached hydrogen (secondary N) is 1. The Labute approximate surface area is 173 Å². The maximum absolute atomic E-state index is 12.7. The van der Waals surface area contributed by atoms with Crippen LogP contribution in [-0.2, 0) is 20.0 Å². The van der Waals surface area contributed by atoms with Crippen LogP contribution >= 0.6 is 0 Å². The zero-order chi connectivity index (χ0) is 21.2. The number of aryl methyl sites for hydroxylation is 3. The summed E-state index contributed by atoms with van der Waals surface area (Å²) in [5, 5.41) is 1.11. The predicted molar refractivity (Wildman–Crippen MR) is 117 cm³/mol. The van der Waals surface area contributed by atoms with Gasteiger partial charge in [0.15, 0.2) is 0 Å². The first kappa shape index (κ1) is 21.5. The quantitative estimate of drug-likeness (QED) is 0.749. The summed E-state index contributed by atoms with van der Waals surface area (Å²) in [6.45, 7) is 6.86. The van der Waals surface area contributed by atoms with Crippen molar-refractivity contribution in [2.24, 2.45) is 0 Å². The third-order valence-corrected chi connectivity index (χ3v) is 7.86. The maximum atomic E-state index is 12.7. The molecule has 0 saturated carbocycles. The van der Waals surface area contributed by atoms with Gasteiger partial charge in [0.25, 0.3) is 10.0 Å². The van der Waals surface area contributed by atoms with Crippen LogP contribution in [0, 0.1) is 20.8 Å². The van der Waals surface area contributed by atoms with E-state index in [1.54, 1.807) is 12.1 Å². The van der Waals surface area contributed by atoms with Gasteiger partial charge in [0.2, 0.25) is 10.0 Å². The van der Waals surface area contributed by atoms with Crippen molar-refractivity contribution < 1.29 is 16.8 Å². The lowest BCUT2D eigenvalue weighted by molar-refractivity contribution is 0.477. The summed E-state index contributed by atoms with van der Waals surface area (Å²) in [5.74, 6) is 0. The van der Waals surface area contributed by atoms with Gasteiger partial charge in [0, 0.05) is 13.1 Å². The fourth-order valence-electron chi connectivity index (χ4n) is 3.61. The van der Waals surface area contributed by atoms with Gasteiger partial charge in [-0.2, -0.15) is 4.31 Å². The van der Waals surface area contributed by atoms with Gasteiger partial charge in [-0.3, -0.25) is 4.72 Å². The molecule has 2 aromatic rings. The van der Waals surface area contributed by atoms with Gasteiger partial charge < -0.3 is 0 Å². The maximum Gasteiger partial charge on any atom is 0.255 e. The van der Waals surface area contributed by atoms with Crippen LogP contribution in [0.5, 0.6) is 0 Å². The average Bonchev–Trinajstić information content (AvgIpc) is 3.16. The van der Waals surface area contributed by atoms with Crippen LogP contribution in [-0.4, -0.2) is 34.2 Å². The third-order valence-electron chi connectivity index (χ3n) is 4.95. The van der Waals surface area contributed by atoms with E-state index in [-0.39, 0.29) is 10.6 Å². The molecule has 1 N–H and O–H groups in total. The Kier molecular flexibility index (Phi) is 6.16. The van der Waals surface area contributed by atoms with Crippen molar-refractivity contribution in [3.8, 4) is 0 Å².